The number of rotatable bonds is 1. The predicted molar refractivity (Wildman–Crippen MR) is 53.7 cm³/mol. The largest absolute Gasteiger partial charge is 0.295 e. The minimum Gasteiger partial charge on any atom is -0.282 e. The fraction of sp³-hybridized carbons (Fsp3) is 0. The minimum atomic E-state index is -4.31. The van der Waals surface area contributed by atoms with Crippen molar-refractivity contribution in [2.75, 3.05) is 0 Å². The second-order valence-electron chi connectivity index (χ2n) is 3.07. The van der Waals surface area contributed by atoms with Crippen LogP contribution in [0.15, 0.2) is 41.3 Å². The summed E-state index contributed by atoms with van der Waals surface area (Å²) < 4.78 is 44.2. The maximum atomic E-state index is 13.3. The highest BCUT2D eigenvalue weighted by molar-refractivity contribution is 7.86. The minimum absolute atomic E-state index is 0.174. The summed E-state index contributed by atoms with van der Waals surface area (Å²) in [5.74, 6) is -0.516. The SMILES string of the molecule is O=S(=O)(O)c1ccc(F)c2ccccc12. The molecule has 0 amide bonds. The van der Waals surface area contributed by atoms with Crippen molar-refractivity contribution in [3.63, 3.8) is 0 Å². The first-order valence-corrected chi connectivity index (χ1v) is 5.59. The van der Waals surface area contributed by atoms with E-state index in [9.17, 15) is 12.8 Å². The highest BCUT2D eigenvalue weighted by atomic mass is 32.2. The molecule has 78 valence electrons. The van der Waals surface area contributed by atoms with Crippen LogP contribution in [0.4, 0.5) is 4.39 Å². The molecule has 0 aromatic heterocycles. The van der Waals surface area contributed by atoms with Crippen molar-refractivity contribution in [3.05, 3.63) is 42.2 Å². The van der Waals surface area contributed by atoms with Gasteiger partial charge < -0.3 is 0 Å². The quantitative estimate of drug-likeness (QED) is 0.758. The summed E-state index contributed by atoms with van der Waals surface area (Å²) in [4.78, 5) is -0.278. The summed E-state index contributed by atoms with van der Waals surface area (Å²) in [6.07, 6.45) is 0. The van der Waals surface area contributed by atoms with Crippen molar-refractivity contribution < 1.29 is 17.4 Å². The van der Waals surface area contributed by atoms with Gasteiger partial charge >= 0.3 is 0 Å². The molecule has 1 N–H and O–H groups in total. The third-order valence-corrected chi connectivity index (χ3v) is 3.02. The van der Waals surface area contributed by atoms with Crippen LogP contribution >= 0.6 is 0 Å². The smallest absolute Gasteiger partial charge is 0.282 e. The zero-order chi connectivity index (χ0) is 11.1. The van der Waals surface area contributed by atoms with Gasteiger partial charge in [-0.3, -0.25) is 4.55 Å². The van der Waals surface area contributed by atoms with Crippen LogP contribution < -0.4 is 0 Å². The summed E-state index contributed by atoms with van der Waals surface area (Å²) in [6.45, 7) is 0. The number of halogens is 1. The van der Waals surface area contributed by atoms with Gasteiger partial charge in [0.05, 0.1) is 0 Å². The van der Waals surface area contributed by atoms with E-state index in [-0.39, 0.29) is 15.7 Å². The highest BCUT2D eigenvalue weighted by Gasteiger charge is 2.15. The first-order valence-electron chi connectivity index (χ1n) is 4.15. The molecule has 2 aromatic rings. The summed E-state index contributed by atoms with van der Waals surface area (Å²) in [5, 5.41) is 0.354. The van der Waals surface area contributed by atoms with Crippen LogP contribution in [0.2, 0.25) is 0 Å². The Kier molecular flexibility index (Phi) is 2.21. The van der Waals surface area contributed by atoms with Gasteiger partial charge in [-0.1, -0.05) is 24.3 Å². The first kappa shape index (κ1) is 10.1. The Labute approximate surface area is 85.9 Å². The highest BCUT2D eigenvalue weighted by Crippen LogP contribution is 2.24. The number of benzene rings is 2. The maximum absolute atomic E-state index is 13.3. The van der Waals surface area contributed by atoms with Crippen LogP contribution in [-0.4, -0.2) is 13.0 Å². The number of hydrogen-bond acceptors (Lipinski definition) is 2. The van der Waals surface area contributed by atoms with E-state index in [0.717, 1.165) is 12.1 Å². The van der Waals surface area contributed by atoms with Crippen LogP contribution in [0.25, 0.3) is 10.8 Å². The lowest BCUT2D eigenvalue weighted by Crippen LogP contribution is -1.99. The van der Waals surface area contributed by atoms with Crippen molar-refractivity contribution in [1.29, 1.82) is 0 Å². The molecule has 0 fully saturated rings. The lowest BCUT2D eigenvalue weighted by molar-refractivity contribution is 0.484. The summed E-state index contributed by atoms with van der Waals surface area (Å²) >= 11 is 0. The van der Waals surface area contributed by atoms with Crippen molar-refractivity contribution >= 4 is 20.9 Å². The molecule has 0 aliphatic rings. The van der Waals surface area contributed by atoms with Gasteiger partial charge in [0.1, 0.15) is 10.7 Å². The van der Waals surface area contributed by atoms with E-state index in [4.69, 9.17) is 4.55 Å². The molecule has 0 aliphatic carbocycles. The maximum Gasteiger partial charge on any atom is 0.295 e. The molecule has 0 radical (unpaired) electrons. The van der Waals surface area contributed by atoms with Crippen molar-refractivity contribution in [2.45, 2.75) is 4.90 Å². The average molecular weight is 226 g/mol. The van der Waals surface area contributed by atoms with Gasteiger partial charge in [-0.25, -0.2) is 4.39 Å². The van der Waals surface area contributed by atoms with Gasteiger partial charge in [-0.15, -0.1) is 0 Å². The molecule has 0 saturated carbocycles. The lowest BCUT2D eigenvalue weighted by atomic mass is 10.1. The lowest BCUT2D eigenvalue weighted by Gasteiger charge is -2.03. The molecular weight excluding hydrogens is 219 g/mol. The second kappa shape index (κ2) is 3.29. The van der Waals surface area contributed by atoms with E-state index in [1.54, 1.807) is 12.1 Å². The Morgan fingerprint density at radius 3 is 2.20 bits per heavy atom. The molecule has 3 nitrogen and oxygen atoms in total. The Balaban J connectivity index is 2.96. The van der Waals surface area contributed by atoms with Gasteiger partial charge in [0.25, 0.3) is 10.1 Å². The Morgan fingerprint density at radius 1 is 1.00 bits per heavy atom. The molecule has 5 heteroatoms. The van der Waals surface area contributed by atoms with Gasteiger partial charge in [-0.05, 0) is 12.1 Å². The van der Waals surface area contributed by atoms with E-state index >= 15 is 0 Å². The Hall–Kier alpha value is -1.46. The normalized spacial score (nSPS) is 11.9. The number of hydrogen-bond donors (Lipinski definition) is 1. The second-order valence-corrected chi connectivity index (χ2v) is 4.46. The van der Waals surface area contributed by atoms with Crippen LogP contribution in [0.3, 0.4) is 0 Å². The zero-order valence-electron chi connectivity index (χ0n) is 7.51. The van der Waals surface area contributed by atoms with E-state index in [1.807, 2.05) is 0 Å². The van der Waals surface area contributed by atoms with Crippen molar-refractivity contribution in [3.8, 4) is 0 Å². The van der Waals surface area contributed by atoms with Gasteiger partial charge in [0.15, 0.2) is 0 Å². The standard InChI is InChI=1S/C10H7FO3S/c11-9-5-6-10(15(12,13)14)8-4-2-1-3-7(8)9/h1-6H,(H,12,13,14). The first-order chi connectivity index (χ1) is 7.00. The molecule has 15 heavy (non-hydrogen) atoms. The summed E-state index contributed by atoms with van der Waals surface area (Å²) in [7, 11) is -4.31. The average Bonchev–Trinajstić information content (AvgIpc) is 2.17. The third kappa shape index (κ3) is 1.71. The monoisotopic (exact) mass is 226 g/mol. The van der Waals surface area contributed by atoms with E-state index in [0.29, 0.717) is 0 Å². The molecule has 0 saturated heterocycles. The molecule has 2 rings (SSSR count). The summed E-state index contributed by atoms with van der Waals surface area (Å²) in [5.41, 5.74) is 0. The van der Waals surface area contributed by atoms with Crippen LogP contribution in [0.1, 0.15) is 0 Å². The third-order valence-electron chi connectivity index (χ3n) is 2.11. The van der Waals surface area contributed by atoms with Crippen LogP contribution in [0.5, 0.6) is 0 Å². The molecular formula is C10H7FO3S. The molecule has 0 bridgehead atoms. The topological polar surface area (TPSA) is 54.4 Å². The van der Waals surface area contributed by atoms with Crippen LogP contribution in [-0.2, 0) is 10.1 Å². The van der Waals surface area contributed by atoms with E-state index in [2.05, 4.69) is 0 Å². The van der Waals surface area contributed by atoms with Gasteiger partial charge in [0.2, 0.25) is 0 Å². The molecule has 0 unspecified atom stereocenters. The fourth-order valence-electron chi connectivity index (χ4n) is 1.46. The molecule has 0 aliphatic heterocycles. The molecule has 0 spiro atoms. The Bertz CT molecular complexity index is 620. The van der Waals surface area contributed by atoms with Gasteiger partial charge in [-0.2, -0.15) is 8.42 Å². The fourth-order valence-corrected chi connectivity index (χ4v) is 2.16. The van der Waals surface area contributed by atoms with Crippen molar-refractivity contribution in [1.82, 2.24) is 0 Å². The predicted octanol–water partition coefficient (Wildman–Crippen LogP) is 2.23. The number of fused-ring (bicyclic) bond motifs is 1. The Morgan fingerprint density at radius 2 is 1.60 bits per heavy atom. The van der Waals surface area contributed by atoms with E-state index in [1.165, 1.54) is 12.1 Å². The molecule has 0 heterocycles. The zero-order valence-corrected chi connectivity index (χ0v) is 8.33. The van der Waals surface area contributed by atoms with E-state index < -0.39 is 15.9 Å². The van der Waals surface area contributed by atoms with Crippen LogP contribution in [0, 0.1) is 5.82 Å². The molecule has 2 aromatic carbocycles. The van der Waals surface area contributed by atoms with Crippen molar-refractivity contribution in [2.24, 2.45) is 0 Å². The molecule has 0 atom stereocenters. The summed E-state index contributed by atoms with van der Waals surface area (Å²) in [6, 6.07) is 8.15. The van der Waals surface area contributed by atoms with Gasteiger partial charge in [0, 0.05) is 10.8 Å².